The first-order valence-corrected chi connectivity index (χ1v) is 12.7. The zero-order chi connectivity index (χ0) is 25.9. The van der Waals surface area contributed by atoms with Gasteiger partial charge in [0.2, 0.25) is 5.76 Å². The summed E-state index contributed by atoms with van der Waals surface area (Å²) in [6.45, 7) is 0.123. The first-order chi connectivity index (χ1) is 17.9. The minimum absolute atomic E-state index is 0.0168. The number of hydrogen-bond acceptors (Lipinski definition) is 9. The van der Waals surface area contributed by atoms with Crippen molar-refractivity contribution < 1.29 is 14.0 Å². The Morgan fingerprint density at radius 3 is 2.70 bits per heavy atom. The van der Waals surface area contributed by atoms with Crippen molar-refractivity contribution in [3.63, 3.8) is 0 Å². The highest BCUT2D eigenvalue weighted by Gasteiger charge is 2.22. The molecule has 0 aliphatic heterocycles. The second kappa shape index (κ2) is 10.6. The number of halogens is 2. The first-order valence-electron chi connectivity index (χ1n) is 10.7. The summed E-state index contributed by atoms with van der Waals surface area (Å²) < 4.78 is 8.52. The Balaban J connectivity index is 1.55. The minimum Gasteiger partial charge on any atom is -0.438 e. The molecule has 0 saturated carbocycles. The molecule has 13 heteroatoms. The average Bonchev–Trinajstić information content (AvgIpc) is 3.67. The van der Waals surface area contributed by atoms with Crippen LogP contribution < -0.4 is 10.9 Å². The van der Waals surface area contributed by atoms with Gasteiger partial charge in [0.15, 0.2) is 12.2 Å². The molecule has 0 aromatic carbocycles. The van der Waals surface area contributed by atoms with Gasteiger partial charge < -0.3 is 9.73 Å². The van der Waals surface area contributed by atoms with E-state index in [4.69, 9.17) is 16.0 Å². The molecular formula is C24H16BrClN6O4S. The summed E-state index contributed by atoms with van der Waals surface area (Å²) >= 11 is 10.7. The summed E-state index contributed by atoms with van der Waals surface area (Å²) in [5.74, 6) is -0.536. The standard InChI is InChI=1S/C24H16BrClN6O4S/c25-16-4-5-18(31(23(16)34)12-19(33)14-2-1-7-27-9-14)17-8-22(29-10-15-3-6-21(26)37-15)32(30-17)24(35)20-11-28-13-36-20/h1-9,11,13,29H,10,12H2. The SMILES string of the molecule is O=C(Cn1c(-c2cc(NCc3ccc(Cl)s3)n(C(=O)c3cnco3)n2)ccc(Br)c1=O)c1cccnc1. The Morgan fingerprint density at radius 1 is 1.14 bits per heavy atom. The van der Waals surface area contributed by atoms with Gasteiger partial charge in [0.25, 0.3) is 5.56 Å². The van der Waals surface area contributed by atoms with Crippen molar-refractivity contribution in [3.8, 4) is 11.4 Å². The highest BCUT2D eigenvalue weighted by molar-refractivity contribution is 9.10. The third kappa shape index (κ3) is 5.31. The molecule has 1 N–H and O–H groups in total. The highest BCUT2D eigenvalue weighted by atomic mass is 79.9. The van der Waals surface area contributed by atoms with Crippen LogP contribution in [0.15, 0.2) is 81.1 Å². The number of Topliss-reactive ketones (excluding diaryl/α,β-unsaturated/α-hetero) is 1. The summed E-state index contributed by atoms with van der Waals surface area (Å²) in [5.41, 5.74) is 0.580. The Hall–Kier alpha value is -3.87. The van der Waals surface area contributed by atoms with Gasteiger partial charge >= 0.3 is 5.91 Å². The summed E-state index contributed by atoms with van der Waals surface area (Å²) in [4.78, 5) is 47.8. The number of aromatic nitrogens is 5. The van der Waals surface area contributed by atoms with Gasteiger partial charge in [-0.3, -0.25) is 23.9 Å². The zero-order valence-electron chi connectivity index (χ0n) is 18.8. The van der Waals surface area contributed by atoms with Crippen LogP contribution in [0.5, 0.6) is 0 Å². The molecule has 0 amide bonds. The topological polar surface area (TPSA) is 125 Å². The van der Waals surface area contributed by atoms with Crippen molar-refractivity contribution in [1.82, 2.24) is 24.3 Å². The number of carbonyl (C=O) groups is 2. The molecule has 5 heterocycles. The molecule has 0 bridgehead atoms. The van der Waals surface area contributed by atoms with Crippen LogP contribution in [0.2, 0.25) is 4.34 Å². The fourth-order valence-corrected chi connectivity index (χ4v) is 4.91. The van der Waals surface area contributed by atoms with Crippen LogP contribution in [0.4, 0.5) is 5.82 Å². The normalized spacial score (nSPS) is 11.0. The highest BCUT2D eigenvalue weighted by Crippen LogP contribution is 2.26. The summed E-state index contributed by atoms with van der Waals surface area (Å²) in [6, 6.07) is 11.8. The Morgan fingerprint density at radius 2 is 2.00 bits per heavy atom. The number of rotatable bonds is 8. The molecule has 5 rings (SSSR count). The molecule has 0 fully saturated rings. The third-order valence-corrected chi connectivity index (χ3v) is 7.13. The van der Waals surface area contributed by atoms with Crippen LogP contribution in [0.3, 0.4) is 0 Å². The molecule has 5 aromatic heterocycles. The van der Waals surface area contributed by atoms with Crippen molar-refractivity contribution in [2.45, 2.75) is 13.1 Å². The van der Waals surface area contributed by atoms with E-state index in [0.717, 1.165) is 16.0 Å². The number of anilines is 1. The van der Waals surface area contributed by atoms with E-state index in [9.17, 15) is 14.4 Å². The van der Waals surface area contributed by atoms with Gasteiger partial charge in [0.05, 0.1) is 33.8 Å². The fraction of sp³-hybridized carbons (Fsp3) is 0.0833. The molecule has 0 spiro atoms. The Bertz CT molecular complexity index is 1650. The van der Waals surface area contributed by atoms with E-state index in [0.29, 0.717) is 33.7 Å². The fourth-order valence-electron chi connectivity index (χ4n) is 3.53. The molecule has 0 atom stereocenters. The maximum Gasteiger partial charge on any atom is 0.317 e. The lowest BCUT2D eigenvalue weighted by atomic mass is 10.1. The third-order valence-electron chi connectivity index (χ3n) is 5.29. The molecule has 0 unspecified atom stereocenters. The van der Waals surface area contributed by atoms with Gasteiger partial charge in [-0.15, -0.1) is 11.3 Å². The zero-order valence-corrected chi connectivity index (χ0v) is 22.0. The van der Waals surface area contributed by atoms with Crippen LogP contribution in [-0.2, 0) is 13.1 Å². The van der Waals surface area contributed by atoms with Crippen LogP contribution in [-0.4, -0.2) is 36.0 Å². The lowest BCUT2D eigenvalue weighted by Gasteiger charge is -2.11. The Labute approximate surface area is 226 Å². The number of thiophene rings is 1. The maximum atomic E-state index is 13.1. The molecule has 0 aliphatic rings. The number of hydrogen-bond donors (Lipinski definition) is 1. The van der Waals surface area contributed by atoms with Crippen molar-refractivity contribution in [2.75, 3.05) is 5.32 Å². The van der Waals surface area contributed by atoms with E-state index in [1.54, 1.807) is 42.6 Å². The predicted molar refractivity (Wildman–Crippen MR) is 141 cm³/mol. The van der Waals surface area contributed by atoms with Crippen LogP contribution >= 0.6 is 38.9 Å². The van der Waals surface area contributed by atoms with Gasteiger partial charge in [-0.25, -0.2) is 4.98 Å². The molecule has 0 aliphatic carbocycles. The van der Waals surface area contributed by atoms with Gasteiger partial charge in [0, 0.05) is 28.9 Å². The largest absolute Gasteiger partial charge is 0.438 e. The second-order valence-electron chi connectivity index (χ2n) is 7.68. The van der Waals surface area contributed by atoms with E-state index in [1.165, 1.54) is 28.3 Å². The molecule has 186 valence electrons. The molecule has 10 nitrogen and oxygen atoms in total. The van der Waals surface area contributed by atoms with Gasteiger partial charge in [-0.2, -0.15) is 9.78 Å². The van der Waals surface area contributed by atoms with Gasteiger partial charge in [-0.1, -0.05) is 11.6 Å². The van der Waals surface area contributed by atoms with Crippen molar-refractivity contribution in [1.29, 1.82) is 0 Å². The van der Waals surface area contributed by atoms with E-state index >= 15 is 0 Å². The Kier molecular flexibility index (Phi) is 7.12. The minimum atomic E-state index is -0.562. The van der Waals surface area contributed by atoms with E-state index < -0.39 is 11.5 Å². The van der Waals surface area contributed by atoms with Gasteiger partial charge in [-0.05, 0) is 52.3 Å². The molecule has 0 radical (unpaired) electrons. The lowest BCUT2D eigenvalue weighted by molar-refractivity contribution is 0.0918. The summed E-state index contributed by atoms with van der Waals surface area (Å²) in [7, 11) is 0. The summed E-state index contributed by atoms with van der Waals surface area (Å²) in [5, 5.41) is 7.65. The maximum absolute atomic E-state index is 13.1. The number of nitrogens with zero attached hydrogens (tertiary/aromatic N) is 5. The lowest BCUT2D eigenvalue weighted by Crippen LogP contribution is -2.26. The number of carbonyl (C=O) groups excluding carboxylic acids is 2. The number of ketones is 1. The van der Waals surface area contributed by atoms with Crippen molar-refractivity contribution in [2.24, 2.45) is 0 Å². The van der Waals surface area contributed by atoms with E-state index in [2.05, 4.69) is 36.3 Å². The first kappa shape index (κ1) is 24.8. The summed E-state index contributed by atoms with van der Waals surface area (Å²) in [6.07, 6.45) is 5.43. The van der Waals surface area contributed by atoms with Crippen LogP contribution in [0.25, 0.3) is 11.4 Å². The molecule has 0 saturated heterocycles. The average molecular weight is 600 g/mol. The number of nitrogens with one attached hydrogen (secondary N) is 1. The van der Waals surface area contributed by atoms with Crippen LogP contribution in [0, 0.1) is 0 Å². The molecular weight excluding hydrogens is 584 g/mol. The van der Waals surface area contributed by atoms with Gasteiger partial charge in [0.1, 0.15) is 11.5 Å². The molecule has 37 heavy (non-hydrogen) atoms. The quantitative estimate of drug-likeness (QED) is 0.253. The van der Waals surface area contributed by atoms with E-state index in [-0.39, 0.29) is 22.6 Å². The smallest absolute Gasteiger partial charge is 0.317 e. The number of oxazole rings is 1. The van der Waals surface area contributed by atoms with Crippen molar-refractivity contribution >= 4 is 56.4 Å². The van der Waals surface area contributed by atoms with Crippen molar-refractivity contribution in [3.05, 3.63) is 103 Å². The molecule has 5 aromatic rings. The predicted octanol–water partition coefficient (Wildman–Crippen LogP) is 4.76. The van der Waals surface area contributed by atoms with Crippen LogP contribution in [0.1, 0.15) is 25.8 Å². The second-order valence-corrected chi connectivity index (χ2v) is 10.3. The monoisotopic (exact) mass is 598 g/mol. The number of pyridine rings is 2. The van der Waals surface area contributed by atoms with E-state index in [1.807, 2.05) is 6.07 Å².